The maximum Gasteiger partial charge on any atom is 0.341 e. The lowest BCUT2D eigenvalue weighted by Crippen LogP contribution is -2.26. The smallest absolute Gasteiger partial charge is 0.341 e. The second-order valence-corrected chi connectivity index (χ2v) is 7.64. The maximum absolute atomic E-state index is 11.7. The number of amidine groups is 1. The molecular weight excluding hydrogens is 505 g/mol. The average Bonchev–Trinajstić information content (AvgIpc) is 2.93. The summed E-state index contributed by atoms with van der Waals surface area (Å²) in [5.41, 5.74) is 0.622. The van der Waals surface area contributed by atoms with Gasteiger partial charge < -0.3 is 25.0 Å². The van der Waals surface area contributed by atoms with Crippen LogP contribution in [0.4, 0.5) is 0 Å². The maximum atomic E-state index is 11.7. The van der Waals surface area contributed by atoms with Crippen LogP contribution in [-0.2, 0) is 14.4 Å². The highest BCUT2D eigenvalue weighted by atomic mass is 127. The highest BCUT2D eigenvalue weighted by molar-refractivity contribution is 14.1. The summed E-state index contributed by atoms with van der Waals surface area (Å²) in [6, 6.07) is 3.33. The monoisotopic (exact) mass is 521 g/mol. The van der Waals surface area contributed by atoms with Gasteiger partial charge in [0.2, 0.25) is 5.91 Å². The molecule has 0 saturated carbocycles. The Bertz CT molecular complexity index is 844. The van der Waals surface area contributed by atoms with Crippen molar-refractivity contribution in [1.29, 1.82) is 0 Å². The zero-order valence-electron chi connectivity index (χ0n) is 14.5. The molecule has 1 atom stereocenters. The largest absolute Gasteiger partial charge is 0.490 e. The molecule has 10 nitrogen and oxygen atoms in total. The summed E-state index contributed by atoms with van der Waals surface area (Å²) in [4.78, 5) is 33.1. The Morgan fingerprint density at radius 3 is 2.71 bits per heavy atom. The van der Waals surface area contributed by atoms with E-state index in [-0.39, 0.29) is 11.6 Å². The first-order valence-corrected chi connectivity index (χ1v) is 9.87. The third-order valence-electron chi connectivity index (χ3n) is 3.16. The molecule has 1 aliphatic heterocycles. The molecule has 1 aliphatic rings. The number of nitrogens with zero attached hydrogens (tertiary/aromatic N) is 2. The molecule has 1 unspecified atom stereocenters. The number of halogens is 1. The summed E-state index contributed by atoms with van der Waals surface area (Å²) < 4.78 is 11.4. The van der Waals surface area contributed by atoms with Gasteiger partial charge in [-0.3, -0.25) is 9.59 Å². The van der Waals surface area contributed by atoms with Crippen molar-refractivity contribution in [2.24, 2.45) is 10.2 Å². The summed E-state index contributed by atoms with van der Waals surface area (Å²) >= 11 is 2.99. The number of rotatable bonds is 9. The number of nitrogens with one attached hydrogen (secondary N) is 1. The molecule has 1 amide bonds. The number of aliphatic carboxylic acids is 2. The number of carboxylic acids is 2. The van der Waals surface area contributed by atoms with E-state index in [9.17, 15) is 14.4 Å². The Hall–Kier alpha value is -2.35. The van der Waals surface area contributed by atoms with Gasteiger partial charge >= 0.3 is 11.9 Å². The van der Waals surface area contributed by atoms with E-state index in [1.54, 1.807) is 19.1 Å². The van der Waals surface area contributed by atoms with Crippen LogP contribution in [0.25, 0.3) is 0 Å². The van der Waals surface area contributed by atoms with Gasteiger partial charge in [-0.05, 0) is 47.2 Å². The molecular formula is C16H16IN3O7S. The van der Waals surface area contributed by atoms with Gasteiger partial charge in [-0.25, -0.2) is 4.79 Å². The molecule has 1 fully saturated rings. The summed E-state index contributed by atoms with van der Waals surface area (Å²) in [6.45, 7) is 1.65. The van der Waals surface area contributed by atoms with Crippen molar-refractivity contribution in [1.82, 2.24) is 5.32 Å². The molecule has 2 rings (SSSR count). The number of carbonyl (C=O) groups excluding carboxylic acids is 1. The van der Waals surface area contributed by atoms with E-state index in [0.29, 0.717) is 27.2 Å². The number of ether oxygens (including phenoxy) is 2. The van der Waals surface area contributed by atoms with E-state index >= 15 is 0 Å². The van der Waals surface area contributed by atoms with E-state index in [2.05, 4.69) is 15.5 Å². The number of benzene rings is 1. The van der Waals surface area contributed by atoms with Crippen LogP contribution in [0.15, 0.2) is 22.3 Å². The number of amides is 1. The number of hydrogen-bond donors (Lipinski definition) is 3. The third-order valence-corrected chi connectivity index (χ3v) is 5.04. The second-order valence-electron chi connectivity index (χ2n) is 5.29. The normalized spacial score (nSPS) is 17.7. The molecule has 1 aromatic carbocycles. The van der Waals surface area contributed by atoms with Crippen LogP contribution >= 0.6 is 34.4 Å². The zero-order valence-corrected chi connectivity index (χ0v) is 17.5. The molecule has 0 radical (unpaired) electrons. The Kier molecular flexibility index (Phi) is 8.04. The van der Waals surface area contributed by atoms with Crippen molar-refractivity contribution in [2.45, 2.75) is 18.6 Å². The summed E-state index contributed by atoms with van der Waals surface area (Å²) in [6.07, 6.45) is 1.13. The Balaban J connectivity index is 2.14. The van der Waals surface area contributed by atoms with Gasteiger partial charge in [0.15, 0.2) is 23.3 Å². The van der Waals surface area contributed by atoms with Crippen LogP contribution in [0, 0.1) is 3.57 Å². The molecule has 1 heterocycles. The van der Waals surface area contributed by atoms with Gasteiger partial charge in [0.1, 0.15) is 5.25 Å². The molecule has 0 aromatic heterocycles. The molecule has 1 aromatic rings. The Labute approximate surface area is 177 Å². The molecule has 0 spiro atoms. The number of carbonyl (C=O) groups is 3. The molecule has 28 heavy (non-hydrogen) atoms. The number of thioether (sulfide) groups is 1. The third kappa shape index (κ3) is 6.37. The minimum absolute atomic E-state index is 0.216. The van der Waals surface area contributed by atoms with Crippen LogP contribution < -0.4 is 14.8 Å². The van der Waals surface area contributed by atoms with E-state index < -0.39 is 29.7 Å². The standard InChI is InChI=1S/C16H16IN3O7S/c1-2-26-10-4-8(3-9(17)14(10)27-7-13(23)24)6-18-20-16-19-15(25)11(28-16)5-12(21)22/h3-4,6,11H,2,5,7H2,1H3,(H,21,22)(H,23,24)(H,19,20,25). The van der Waals surface area contributed by atoms with Gasteiger partial charge in [0, 0.05) is 0 Å². The first-order valence-electron chi connectivity index (χ1n) is 7.91. The lowest BCUT2D eigenvalue weighted by atomic mass is 10.2. The fourth-order valence-electron chi connectivity index (χ4n) is 2.09. The van der Waals surface area contributed by atoms with E-state index in [4.69, 9.17) is 19.7 Å². The highest BCUT2D eigenvalue weighted by Gasteiger charge is 2.32. The Morgan fingerprint density at radius 1 is 1.32 bits per heavy atom. The van der Waals surface area contributed by atoms with Crippen molar-refractivity contribution in [3.63, 3.8) is 0 Å². The predicted octanol–water partition coefficient (Wildman–Crippen LogP) is 1.55. The van der Waals surface area contributed by atoms with Crippen LogP contribution in [0.5, 0.6) is 11.5 Å². The summed E-state index contributed by atoms with van der Waals surface area (Å²) in [5, 5.41) is 27.3. The molecule has 3 N–H and O–H groups in total. The van der Waals surface area contributed by atoms with E-state index in [0.717, 1.165) is 11.8 Å². The van der Waals surface area contributed by atoms with Gasteiger partial charge in [-0.2, -0.15) is 5.10 Å². The van der Waals surface area contributed by atoms with Crippen molar-refractivity contribution >= 4 is 63.6 Å². The van der Waals surface area contributed by atoms with Crippen molar-refractivity contribution in [2.75, 3.05) is 13.2 Å². The summed E-state index contributed by atoms with van der Waals surface area (Å²) in [7, 11) is 0. The lowest BCUT2D eigenvalue weighted by Gasteiger charge is -2.13. The average molecular weight is 521 g/mol. The van der Waals surface area contributed by atoms with E-state index in [1.807, 2.05) is 22.6 Å². The van der Waals surface area contributed by atoms with E-state index in [1.165, 1.54) is 6.21 Å². The number of hydrogen-bond acceptors (Lipinski definition) is 8. The minimum Gasteiger partial charge on any atom is -0.490 e. The van der Waals surface area contributed by atoms with Crippen LogP contribution in [0.1, 0.15) is 18.9 Å². The Morgan fingerprint density at radius 2 is 2.07 bits per heavy atom. The molecule has 0 bridgehead atoms. The van der Waals surface area contributed by atoms with Gasteiger partial charge in [0.25, 0.3) is 0 Å². The fourth-order valence-corrected chi connectivity index (χ4v) is 3.79. The van der Waals surface area contributed by atoms with Crippen LogP contribution in [0.2, 0.25) is 0 Å². The van der Waals surface area contributed by atoms with Crippen LogP contribution in [-0.4, -0.2) is 57.9 Å². The highest BCUT2D eigenvalue weighted by Crippen LogP contribution is 2.34. The summed E-state index contributed by atoms with van der Waals surface area (Å²) in [5.74, 6) is -1.90. The van der Waals surface area contributed by atoms with Crippen molar-refractivity contribution < 1.29 is 34.1 Å². The van der Waals surface area contributed by atoms with Gasteiger partial charge in [0.05, 0.1) is 22.8 Å². The quantitative estimate of drug-likeness (QED) is 0.252. The van der Waals surface area contributed by atoms with Gasteiger partial charge in [-0.15, -0.1) is 5.10 Å². The topological polar surface area (TPSA) is 147 Å². The fraction of sp³-hybridized carbons (Fsp3) is 0.312. The SMILES string of the molecule is CCOc1cc(C=NN=C2NC(=O)C(CC(=O)O)S2)cc(I)c1OCC(=O)O. The predicted molar refractivity (Wildman–Crippen MR) is 110 cm³/mol. The number of carboxylic acid groups (broad SMARTS) is 2. The molecule has 150 valence electrons. The van der Waals surface area contributed by atoms with Crippen molar-refractivity contribution in [3.05, 3.63) is 21.3 Å². The second kappa shape index (κ2) is 10.3. The van der Waals surface area contributed by atoms with Gasteiger partial charge in [-0.1, -0.05) is 11.8 Å². The van der Waals surface area contributed by atoms with Crippen LogP contribution in [0.3, 0.4) is 0 Å². The molecule has 12 heteroatoms. The first-order chi connectivity index (χ1) is 13.3. The van der Waals surface area contributed by atoms with Crippen molar-refractivity contribution in [3.8, 4) is 11.5 Å². The minimum atomic E-state index is -1.10. The molecule has 0 aliphatic carbocycles. The molecule has 1 saturated heterocycles. The first kappa shape index (κ1) is 21.9. The lowest BCUT2D eigenvalue weighted by molar-refractivity contribution is -0.139. The zero-order chi connectivity index (χ0) is 20.7.